The van der Waals surface area contributed by atoms with E-state index in [1.807, 2.05) is 14.1 Å². The van der Waals surface area contributed by atoms with Crippen molar-refractivity contribution in [3.8, 4) is 0 Å². The molecule has 29 heavy (non-hydrogen) atoms. The summed E-state index contributed by atoms with van der Waals surface area (Å²) in [5.41, 5.74) is 4.03. The molecule has 0 unspecified atom stereocenters. The fraction of sp³-hybridized carbons (Fsp3) is 0.429. The maximum atomic E-state index is 13.0. The molecule has 0 saturated carbocycles. The number of rotatable bonds is 2. The molecule has 150 valence electrons. The molecular weight excluding hydrogens is 366 g/mol. The normalized spacial score (nSPS) is 23.6. The van der Waals surface area contributed by atoms with E-state index in [1.54, 1.807) is 17.6 Å². The number of nitrogens with one attached hydrogen (secondary N) is 1. The monoisotopic (exact) mass is 391 g/mol. The van der Waals surface area contributed by atoms with Gasteiger partial charge in [0.2, 0.25) is 0 Å². The minimum Gasteiger partial charge on any atom is -0.354 e. The van der Waals surface area contributed by atoms with Crippen LogP contribution in [0.1, 0.15) is 17.2 Å². The summed E-state index contributed by atoms with van der Waals surface area (Å²) in [5, 5.41) is 0. The average molecular weight is 391 g/mol. The quantitative estimate of drug-likeness (QED) is 0.726. The number of benzene rings is 1. The molecular formula is C21H25N7O. The van der Waals surface area contributed by atoms with E-state index in [0.717, 1.165) is 31.0 Å². The Kier molecular flexibility index (Phi) is 4.15. The third-order valence-corrected chi connectivity index (χ3v) is 6.30. The van der Waals surface area contributed by atoms with Crippen LogP contribution in [-0.2, 0) is 0 Å². The van der Waals surface area contributed by atoms with Crippen LogP contribution in [0.15, 0.2) is 36.9 Å². The van der Waals surface area contributed by atoms with Gasteiger partial charge in [-0.15, -0.1) is 0 Å². The van der Waals surface area contributed by atoms with E-state index >= 15 is 0 Å². The number of carbonyl (C=O) groups excluding carboxylic acids is 1. The van der Waals surface area contributed by atoms with E-state index < -0.39 is 0 Å². The number of carbonyl (C=O) groups is 1. The highest BCUT2D eigenvalue weighted by molar-refractivity contribution is 5.83. The Balaban J connectivity index is 1.51. The molecule has 0 radical (unpaired) electrons. The first-order chi connectivity index (χ1) is 14.0. The van der Waals surface area contributed by atoms with Crippen molar-refractivity contribution in [3.63, 3.8) is 0 Å². The number of H-pyrrole nitrogens is 1. The van der Waals surface area contributed by atoms with Gasteiger partial charge in [-0.25, -0.2) is 19.7 Å². The zero-order valence-electron chi connectivity index (χ0n) is 16.9. The third kappa shape index (κ3) is 2.82. The van der Waals surface area contributed by atoms with Crippen LogP contribution < -0.4 is 4.90 Å². The van der Waals surface area contributed by atoms with E-state index in [4.69, 9.17) is 0 Å². The van der Waals surface area contributed by atoms with Crippen LogP contribution in [-0.4, -0.2) is 69.5 Å². The molecule has 0 bridgehead atoms. The van der Waals surface area contributed by atoms with Gasteiger partial charge in [-0.2, -0.15) is 0 Å². The van der Waals surface area contributed by atoms with Gasteiger partial charge in [0, 0.05) is 45.6 Å². The van der Waals surface area contributed by atoms with E-state index in [1.165, 1.54) is 11.1 Å². The number of amides is 2. The van der Waals surface area contributed by atoms with Crippen molar-refractivity contribution in [2.75, 3.05) is 38.6 Å². The fourth-order valence-electron chi connectivity index (χ4n) is 4.98. The highest BCUT2D eigenvalue weighted by Gasteiger charge is 2.50. The summed E-state index contributed by atoms with van der Waals surface area (Å²) in [7, 11) is 3.65. The molecule has 0 spiro atoms. The lowest BCUT2D eigenvalue weighted by atomic mass is 9.88. The lowest BCUT2D eigenvalue weighted by Crippen LogP contribution is -2.41. The van der Waals surface area contributed by atoms with E-state index in [2.05, 4.69) is 60.9 Å². The lowest BCUT2D eigenvalue weighted by Gasteiger charge is -2.32. The van der Waals surface area contributed by atoms with Crippen LogP contribution >= 0.6 is 0 Å². The first kappa shape index (κ1) is 17.9. The van der Waals surface area contributed by atoms with Gasteiger partial charge in [-0.1, -0.05) is 24.3 Å². The Morgan fingerprint density at radius 1 is 1.14 bits per heavy atom. The maximum absolute atomic E-state index is 13.0. The van der Waals surface area contributed by atoms with Crippen molar-refractivity contribution in [3.05, 3.63) is 48.0 Å². The Hall–Kier alpha value is -3.16. The molecule has 4 heterocycles. The molecule has 2 saturated heterocycles. The molecule has 3 atom stereocenters. The fourth-order valence-corrected chi connectivity index (χ4v) is 4.98. The second kappa shape index (κ2) is 6.72. The summed E-state index contributed by atoms with van der Waals surface area (Å²) < 4.78 is 0. The van der Waals surface area contributed by atoms with Gasteiger partial charge in [-0.05, 0) is 18.1 Å². The smallest absolute Gasteiger partial charge is 0.320 e. The third-order valence-electron chi connectivity index (χ3n) is 6.30. The first-order valence-electron chi connectivity index (χ1n) is 9.97. The summed E-state index contributed by atoms with van der Waals surface area (Å²) in [5.74, 6) is 1.65. The number of aromatic nitrogens is 4. The molecule has 1 N–H and O–H groups in total. The van der Waals surface area contributed by atoms with Gasteiger partial charge in [0.1, 0.15) is 11.8 Å². The maximum Gasteiger partial charge on any atom is 0.320 e. The Bertz CT molecular complexity index is 1060. The second-order valence-corrected chi connectivity index (χ2v) is 8.26. The van der Waals surface area contributed by atoms with Crippen LogP contribution in [0.3, 0.4) is 0 Å². The largest absolute Gasteiger partial charge is 0.354 e. The number of anilines is 1. The van der Waals surface area contributed by atoms with Crippen molar-refractivity contribution < 1.29 is 4.79 Å². The number of hydrogen-bond donors (Lipinski definition) is 1. The molecule has 2 amide bonds. The molecule has 5 rings (SSSR count). The van der Waals surface area contributed by atoms with Gasteiger partial charge in [0.15, 0.2) is 11.5 Å². The molecule has 2 aromatic heterocycles. The zero-order chi connectivity index (χ0) is 20.1. The number of aryl methyl sites for hydroxylation is 1. The standard InChI is InChI=1S/C21H25N7O/c1-13-6-4-5-7-15(13)18-16-10-27(8-14(16)9-28(18)21(29)26(2)3)20-17-19(23-11-22-17)24-12-25-20/h4-7,11-12,14,16,18H,8-10H2,1-3H3,(H,22,23,24,25)/t14-,16-,18+/m1/s1. The summed E-state index contributed by atoms with van der Waals surface area (Å²) in [4.78, 5) is 35.2. The molecule has 0 aliphatic carbocycles. The molecule has 8 nitrogen and oxygen atoms in total. The summed E-state index contributed by atoms with van der Waals surface area (Å²) in [6.45, 7) is 4.61. The van der Waals surface area contributed by atoms with Gasteiger partial charge in [-0.3, -0.25) is 0 Å². The first-order valence-corrected chi connectivity index (χ1v) is 9.97. The van der Waals surface area contributed by atoms with Gasteiger partial charge in [0.05, 0.1) is 12.4 Å². The number of fused-ring (bicyclic) bond motifs is 2. The van der Waals surface area contributed by atoms with E-state index in [9.17, 15) is 4.79 Å². The van der Waals surface area contributed by atoms with Gasteiger partial charge >= 0.3 is 6.03 Å². The second-order valence-electron chi connectivity index (χ2n) is 8.26. The van der Waals surface area contributed by atoms with Crippen LogP contribution in [0.2, 0.25) is 0 Å². The Morgan fingerprint density at radius 2 is 1.97 bits per heavy atom. The summed E-state index contributed by atoms with van der Waals surface area (Å²) in [6, 6.07) is 8.57. The topological polar surface area (TPSA) is 81.2 Å². The summed E-state index contributed by atoms with van der Waals surface area (Å²) >= 11 is 0. The van der Waals surface area contributed by atoms with Gasteiger partial charge < -0.3 is 19.7 Å². The van der Waals surface area contributed by atoms with E-state index in [0.29, 0.717) is 17.5 Å². The number of imidazole rings is 1. The highest BCUT2D eigenvalue weighted by Crippen LogP contribution is 2.47. The van der Waals surface area contributed by atoms with E-state index in [-0.39, 0.29) is 12.1 Å². The molecule has 2 aliphatic rings. The van der Waals surface area contributed by atoms with Crippen molar-refractivity contribution in [1.82, 2.24) is 29.7 Å². The zero-order valence-corrected chi connectivity index (χ0v) is 16.9. The average Bonchev–Trinajstić information content (AvgIpc) is 3.41. The predicted molar refractivity (Wildman–Crippen MR) is 111 cm³/mol. The highest BCUT2D eigenvalue weighted by atomic mass is 16.2. The minimum atomic E-state index is 0.0696. The molecule has 8 heteroatoms. The van der Waals surface area contributed by atoms with Crippen molar-refractivity contribution in [1.29, 1.82) is 0 Å². The van der Waals surface area contributed by atoms with Crippen molar-refractivity contribution >= 4 is 23.0 Å². The lowest BCUT2D eigenvalue weighted by molar-refractivity contribution is 0.159. The van der Waals surface area contributed by atoms with Crippen molar-refractivity contribution in [2.24, 2.45) is 11.8 Å². The number of nitrogens with zero attached hydrogens (tertiary/aromatic N) is 6. The molecule has 3 aromatic rings. The number of hydrogen-bond acceptors (Lipinski definition) is 5. The molecule has 2 aliphatic heterocycles. The van der Waals surface area contributed by atoms with Crippen LogP contribution in [0.5, 0.6) is 0 Å². The summed E-state index contributed by atoms with van der Waals surface area (Å²) in [6.07, 6.45) is 3.24. The van der Waals surface area contributed by atoms with Crippen LogP contribution in [0.25, 0.3) is 11.2 Å². The Labute approximate surface area is 169 Å². The molecule has 1 aromatic carbocycles. The van der Waals surface area contributed by atoms with Crippen LogP contribution in [0, 0.1) is 18.8 Å². The van der Waals surface area contributed by atoms with Crippen molar-refractivity contribution in [2.45, 2.75) is 13.0 Å². The van der Waals surface area contributed by atoms with Gasteiger partial charge in [0.25, 0.3) is 0 Å². The van der Waals surface area contributed by atoms with Crippen LogP contribution in [0.4, 0.5) is 10.6 Å². The predicted octanol–water partition coefficient (Wildman–Crippen LogP) is 2.45. The Morgan fingerprint density at radius 3 is 2.76 bits per heavy atom. The minimum absolute atomic E-state index is 0.0696. The SMILES string of the molecule is Cc1ccccc1[C@H]1[C@@H]2CN(c3ncnc4nc[nH]c34)C[C@@H]2CN1C(=O)N(C)C. The number of likely N-dealkylation sites (tertiary alicyclic amines) is 1. The molecule has 2 fully saturated rings. The number of urea groups is 1. The number of aromatic amines is 1.